The van der Waals surface area contributed by atoms with Crippen LogP contribution in [0.25, 0.3) is 105 Å². The summed E-state index contributed by atoms with van der Waals surface area (Å²) in [6, 6.07) is 110. The predicted octanol–water partition coefficient (Wildman–Crippen LogP) is 15.7. The number of hydrogen-bond donors (Lipinski definition) is 0. The molecule has 0 aliphatic heterocycles. The number of benzene rings is 12. The molecule has 0 N–H and O–H groups in total. The van der Waals surface area contributed by atoms with Gasteiger partial charge in [0.15, 0.2) is 8.07 Å². The topological polar surface area (TPSA) is 14.8 Å². The number of para-hydroxylation sites is 4. The number of rotatable bonds is 9. The minimum Gasteiger partial charge on any atom is -0.309 e. The summed E-state index contributed by atoms with van der Waals surface area (Å²) >= 11 is 0. The van der Waals surface area contributed by atoms with Gasteiger partial charge in [-0.25, -0.2) is 0 Å². The molecule has 356 valence electrons. The zero-order valence-electron chi connectivity index (χ0n) is 41.6. The SMILES string of the molecule is c1ccc(-c2cccc(-c3cccc4c3c3ccccc3n4-c3ccc4c(c3)c3ccccc3n4-c3cccc([Si](c4ccccc4)(c4ccccc4)c4ccc5c(c4)c4ccccc4n5-c4ccccc4)c3)c2)cc1. The monoisotopic (exact) mass is 983 g/mol. The molecule has 12 aromatic carbocycles. The van der Waals surface area contributed by atoms with Gasteiger partial charge in [-0.3, -0.25) is 0 Å². The Morgan fingerprint density at radius 1 is 0.211 bits per heavy atom. The second-order valence-electron chi connectivity index (χ2n) is 20.0. The molecule has 0 saturated carbocycles. The number of nitrogens with zero attached hydrogens (tertiary/aromatic N) is 3. The van der Waals surface area contributed by atoms with Crippen LogP contribution in [0.1, 0.15) is 0 Å². The van der Waals surface area contributed by atoms with Crippen LogP contribution in [0, 0.1) is 0 Å². The van der Waals surface area contributed by atoms with Gasteiger partial charge in [0.25, 0.3) is 0 Å². The highest BCUT2D eigenvalue weighted by molar-refractivity contribution is 7.20. The predicted molar refractivity (Wildman–Crippen MR) is 324 cm³/mol. The van der Waals surface area contributed by atoms with Gasteiger partial charge in [-0.05, 0) is 122 Å². The van der Waals surface area contributed by atoms with Crippen molar-refractivity contribution in [2.24, 2.45) is 0 Å². The van der Waals surface area contributed by atoms with E-state index in [1.54, 1.807) is 0 Å². The average Bonchev–Trinajstić information content (AvgIpc) is 4.21. The maximum atomic E-state index is 2.53. The minimum absolute atomic E-state index is 1.13. The first-order valence-corrected chi connectivity index (χ1v) is 28.3. The molecular formula is C72H49N3Si. The smallest absolute Gasteiger partial charge is 0.179 e. The molecule has 0 amide bonds. The maximum absolute atomic E-state index is 3.03. The van der Waals surface area contributed by atoms with Crippen molar-refractivity contribution in [3.63, 3.8) is 0 Å². The van der Waals surface area contributed by atoms with Crippen LogP contribution in [0.4, 0.5) is 0 Å². The van der Waals surface area contributed by atoms with Crippen molar-refractivity contribution < 1.29 is 0 Å². The summed E-state index contributed by atoms with van der Waals surface area (Å²) in [5, 5.41) is 12.8. The Kier molecular flexibility index (Phi) is 10.2. The highest BCUT2D eigenvalue weighted by Crippen LogP contribution is 2.41. The fourth-order valence-electron chi connectivity index (χ4n) is 12.7. The van der Waals surface area contributed by atoms with Gasteiger partial charge in [-0.15, -0.1) is 0 Å². The molecule has 0 aliphatic rings. The summed E-state index contributed by atoms with van der Waals surface area (Å²) in [6.07, 6.45) is 0. The lowest BCUT2D eigenvalue weighted by molar-refractivity contribution is 1.17. The van der Waals surface area contributed by atoms with Gasteiger partial charge in [0, 0.05) is 49.4 Å². The Balaban J connectivity index is 0.929. The van der Waals surface area contributed by atoms with E-state index in [4.69, 9.17) is 0 Å². The molecule has 4 heteroatoms. The normalized spacial score (nSPS) is 11.9. The first-order chi connectivity index (χ1) is 37.7. The molecule has 15 rings (SSSR count). The molecule has 3 nitrogen and oxygen atoms in total. The van der Waals surface area contributed by atoms with Crippen molar-refractivity contribution in [2.75, 3.05) is 0 Å². The molecule has 15 aromatic rings. The van der Waals surface area contributed by atoms with Gasteiger partial charge in [0.05, 0.1) is 33.1 Å². The Hall–Kier alpha value is -9.74. The summed E-state index contributed by atoms with van der Waals surface area (Å²) < 4.78 is 7.38. The molecule has 0 aliphatic carbocycles. The zero-order chi connectivity index (χ0) is 50.2. The highest BCUT2D eigenvalue weighted by atomic mass is 28.3. The average molecular weight is 984 g/mol. The Labute approximate surface area is 442 Å². The third kappa shape index (κ3) is 6.74. The van der Waals surface area contributed by atoms with Crippen LogP contribution in [0.2, 0.25) is 0 Å². The van der Waals surface area contributed by atoms with Gasteiger partial charge in [-0.1, -0.05) is 218 Å². The molecule has 76 heavy (non-hydrogen) atoms. The summed E-state index contributed by atoms with van der Waals surface area (Å²) in [5.74, 6) is 0. The van der Waals surface area contributed by atoms with E-state index in [-0.39, 0.29) is 0 Å². The molecule has 0 unspecified atom stereocenters. The van der Waals surface area contributed by atoms with Crippen LogP contribution in [0.15, 0.2) is 297 Å². The van der Waals surface area contributed by atoms with Gasteiger partial charge < -0.3 is 13.7 Å². The maximum Gasteiger partial charge on any atom is 0.179 e. The Morgan fingerprint density at radius 3 is 1.32 bits per heavy atom. The molecule has 3 heterocycles. The molecule has 0 fully saturated rings. The summed E-state index contributed by atoms with van der Waals surface area (Å²) in [6.45, 7) is 0. The van der Waals surface area contributed by atoms with Gasteiger partial charge in [0.2, 0.25) is 0 Å². The van der Waals surface area contributed by atoms with E-state index in [2.05, 4.69) is 311 Å². The van der Waals surface area contributed by atoms with Crippen LogP contribution in [0.5, 0.6) is 0 Å². The van der Waals surface area contributed by atoms with Crippen molar-refractivity contribution in [3.05, 3.63) is 297 Å². The van der Waals surface area contributed by atoms with Crippen molar-refractivity contribution in [3.8, 4) is 39.3 Å². The van der Waals surface area contributed by atoms with E-state index in [1.165, 1.54) is 108 Å². The number of fused-ring (bicyclic) bond motifs is 9. The van der Waals surface area contributed by atoms with Crippen LogP contribution < -0.4 is 20.7 Å². The van der Waals surface area contributed by atoms with Crippen LogP contribution in [-0.4, -0.2) is 21.8 Å². The van der Waals surface area contributed by atoms with E-state index in [1.807, 2.05) is 0 Å². The molecule has 0 atom stereocenters. The van der Waals surface area contributed by atoms with E-state index in [0.29, 0.717) is 0 Å². The van der Waals surface area contributed by atoms with Crippen molar-refractivity contribution >= 4 is 94.2 Å². The molecule has 0 saturated heterocycles. The summed E-state index contributed by atoms with van der Waals surface area (Å²) in [5.41, 5.74) is 15.4. The number of aromatic nitrogens is 3. The van der Waals surface area contributed by atoms with Crippen LogP contribution >= 0.6 is 0 Å². The van der Waals surface area contributed by atoms with E-state index < -0.39 is 8.07 Å². The Bertz CT molecular complexity index is 4640. The summed E-state index contributed by atoms with van der Waals surface area (Å²) in [7, 11) is -3.03. The molecule has 3 aromatic heterocycles. The fourth-order valence-corrected chi connectivity index (χ4v) is 17.5. The third-order valence-corrected chi connectivity index (χ3v) is 20.7. The van der Waals surface area contributed by atoms with Crippen molar-refractivity contribution in [1.82, 2.24) is 13.7 Å². The molecular weight excluding hydrogens is 935 g/mol. The van der Waals surface area contributed by atoms with Gasteiger partial charge in [0.1, 0.15) is 0 Å². The van der Waals surface area contributed by atoms with Crippen molar-refractivity contribution in [1.29, 1.82) is 0 Å². The van der Waals surface area contributed by atoms with Crippen LogP contribution in [0.3, 0.4) is 0 Å². The van der Waals surface area contributed by atoms with Crippen molar-refractivity contribution in [2.45, 2.75) is 0 Å². The van der Waals surface area contributed by atoms with Crippen LogP contribution in [-0.2, 0) is 0 Å². The number of hydrogen-bond acceptors (Lipinski definition) is 0. The lowest BCUT2D eigenvalue weighted by Crippen LogP contribution is -2.74. The molecule has 0 spiro atoms. The minimum atomic E-state index is -3.03. The standard InChI is InChI=1S/C72H49N3Si/c1-5-22-50(23-6-1)51-24-19-25-52(46-51)60-37-21-41-71-72(60)63-36-15-18-40-68(63)75(71)55-42-44-69-64(48-55)61-34-13-17-39-67(61)74(69)54-28-20-33-58(47-54)76(56-29-9-3-10-30-56,57-31-11-4-12-32-57)59-43-45-70-65(49-59)62-35-14-16-38-66(62)73(70)53-26-7-2-8-27-53/h1-49H. The fraction of sp³-hybridized carbons (Fsp3) is 0. The molecule has 0 bridgehead atoms. The highest BCUT2D eigenvalue weighted by Gasteiger charge is 2.42. The second-order valence-corrected chi connectivity index (χ2v) is 23.8. The van der Waals surface area contributed by atoms with E-state index >= 15 is 0 Å². The largest absolute Gasteiger partial charge is 0.309 e. The molecule has 0 radical (unpaired) electrons. The third-order valence-electron chi connectivity index (χ3n) is 16.0. The van der Waals surface area contributed by atoms with E-state index in [9.17, 15) is 0 Å². The Morgan fingerprint density at radius 2 is 0.632 bits per heavy atom. The quantitative estimate of drug-likeness (QED) is 0.101. The van der Waals surface area contributed by atoms with E-state index in [0.717, 1.165) is 17.1 Å². The first-order valence-electron chi connectivity index (χ1n) is 26.3. The lowest BCUT2D eigenvalue weighted by atomic mass is 9.96. The van der Waals surface area contributed by atoms with Gasteiger partial charge in [-0.2, -0.15) is 0 Å². The first kappa shape index (κ1) is 43.8. The summed E-state index contributed by atoms with van der Waals surface area (Å²) in [4.78, 5) is 0. The second kappa shape index (κ2) is 17.7. The lowest BCUT2D eigenvalue weighted by Gasteiger charge is -2.35. The van der Waals surface area contributed by atoms with Gasteiger partial charge >= 0.3 is 0 Å². The zero-order valence-corrected chi connectivity index (χ0v) is 42.6.